The van der Waals surface area contributed by atoms with Gasteiger partial charge in [0.2, 0.25) is 0 Å². The van der Waals surface area contributed by atoms with Gasteiger partial charge in [0.1, 0.15) is 5.75 Å². The van der Waals surface area contributed by atoms with E-state index in [0.717, 1.165) is 23.5 Å². The number of aliphatic hydroxyl groups excluding tert-OH is 1. The van der Waals surface area contributed by atoms with E-state index in [4.69, 9.17) is 4.74 Å². The summed E-state index contributed by atoms with van der Waals surface area (Å²) in [7, 11) is 0. The van der Waals surface area contributed by atoms with Crippen LogP contribution in [0.5, 0.6) is 5.75 Å². The molecule has 0 atom stereocenters. The van der Waals surface area contributed by atoms with Gasteiger partial charge in [0.05, 0.1) is 13.2 Å². The molecule has 0 spiro atoms. The number of aliphatic hydroxyl groups is 1. The molecule has 0 saturated carbocycles. The van der Waals surface area contributed by atoms with Crippen molar-refractivity contribution in [1.82, 2.24) is 0 Å². The van der Waals surface area contributed by atoms with Crippen LogP contribution in [-0.2, 0) is 6.61 Å². The van der Waals surface area contributed by atoms with E-state index in [-0.39, 0.29) is 6.61 Å². The molecule has 0 saturated heterocycles. The van der Waals surface area contributed by atoms with Gasteiger partial charge in [0.15, 0.2) is 0 Å². The largest absolute Gasteiger partial charge is 0.494 e. The third-order valence-electron chi connectivity index (χ3n) is 3.14. The van der Waals surface area contributed by atoms with Crippen molar-refractivity contribution in [3.05, 3.63) is 23.8 Å². The van der Waals surface area contributed by atoms with Crippen LogP contribution >= 0.6 is 0 Å². The van der Waals surface area contributed by atoms with E-state index in [9.17, 15) is 5.11 Å². The minimum Gasteiger partial charge on any atom is -0.494 e. The lowest BCUT2D eigenvalue weighted by Gasteiger charge is -2.12. The smallest absolute Gasteiger partial charge is 0.124 e. The van der Waals surface area contributed by atoms with E-state index in [0.29, 0.717) is 6.61 Å². The van der Waals surface area contributed by atoms with Gasteiger partial charge in [0, 0.05) is 17.8 Å². The minimum atomic E-state index is 0.0152. The van der Waals surface area contributed by atoms with E-state index < -0.39 is 0 Å². The van der Waals surface area contributed by atoms with Crippen molar-refractivity contribution in [3.63, 3.8) is 0 Å². The van der Waals surface area contributed by atoms with E-state index in [2.05, 4.69) is 12.2 Å². The Morgan fingerprint density at radius 3 is 2.58 bits per heavy atom. The first kappa shape index (κ1) is 15.8. The van der Waals surface area contributed by atoms with Crippen LogP contribution in [0.1, 0.15) is 51.5 Å². The normalized spacial score (nSPS) is 10.5. The molecule has 0 amide bonds. The van der Waals surface area contributed by atoms with Gasteiger partial charge in [-0.2, -0.15) is 0 Å². The Labute approximate surface area is 117 Å². The van der Waals surface area contributed by atoms with Crippen LogP contribution < -0.4 is 10.1 Å². The average Bonchev–Trinajstić information content (AvgIpc) is 2.44. The minimum absolute atomic E-state index is 0.0152. The Bertz CT molecular complexity index is 353. The summed E-state index contributed by atoms with van der Waals surface area (Å²) in [6.07, 6.45) is 6.42. The maximum absolute atomic E-state index is 9.33. The molecule has 0 aliphatic carbocycles. The Kier molecular flexibility index (Phi) is 8.07. The quantitative estimate of drug-likeness (QED) is 0.629. The van der Waals surface area contributed by atoms with Crippen molar-refractivity contribution in [2.75, 3.05) is 18.5 Å². The molecule has 2 N–H and O–H groups in total. The van der Waals surface area contributed by atoms with Crippen LogP contribution in [0.25, 0.3) is 0 Å². The molecular formula is C16H27NO2. The van der Waals surface area contributed by atoms with Crippen molar-refractivity contribution in [2.24, 2.45) is 0 Å². The first-order valence-electron chi connectivity index (χ1n) is 7.42. The van der Waals surface area contributed by atoms with E-state index in [1.807, 2.05) is 25.1 Å². The van der Waals surface area contributed by atoms with Gasteiger partial charge in [-0.15, -0.1) is 0 Å². The van der Waals surface area contributed by atoms with Crippen LogP contribution in [0.4, 0.5) is 5.69 Å². The molecule has 1 aromatic rings. The molecule has 0 aromatic heterocycles. The lowest BCUT2D eigenvalue weighted by Crippen LogP contribution is -2.03. The first-order chi connectivity index (χ1) is 9.31. The van der Waals surface area contributed by atoms with Crippen molar-refractivity contribution >= 4 is 5.69 Å². The lowest BCUT2D eigenvalue weighted by atomic mass is 10.1. The number of rotatable bonds is 10. The predicted molar refractivity (Wildman–Crippen MR) is 80.8 cm³/mol. The van der Waals surface area contributed by atoms with Gasteiger partial charge in [-0.25, -0.2) is 0 Å². The van der Waals surface area contributed by atoms with Crippen molar-refractivity contribution in [2.45, 2.75) is 52.6 Å². The summed E-state index contributed by atoms with van der Waals surface area (Å²) in [6.45, 7) is 5.80. The number of ether oxygens (including phenoxy) is 1. The van der Waals surface area contributed by atoms with Crippen LogP contribution in [0.15, 0.2) is 18.2 Å². The molecule has 108 valence electrons. The summed E-state index contributed by atoms with van der Waals surface area (Å²) in [5, 5.41) is 12.7. The molecular weight excluding hydrogens is 238 g/mol. The topological polar surface area (TPSA) is 41.5 Å². The van der Waals surface area contributed by atoms with Crippen LogP contribution in [0, 0.1) is 0 Å². The highest BCUT2D eigenvalue weighted by Crippen LogP contribution is 2.23. The zero-order valence-corrected chi connectivity index (χ0v) is 12.2. The first-order valence-corrected chi connectivity index (χ1v) is 7.42. The van der Waals surface area contributed by atoms with Gasteiger partial charge in [-0.3, -0.25) is 0 Å². The molecule has 3 heteroatoms. The molecule has 0 unspecified atom stereocenters. The number of hydrogen-bond donors (Lipinski definition) is 2. The van der Waals surface area contributed by atoms with Crippen molar-refractivity contribution < 1.29 is 9.84 Å². The molecule has 3 nitrogen and oxygen atoms in total. The van der Waals surface area contributed by atoms with Crippen LogP contribution in [-0.4, -0.2) is 18.3 Å². The Hall–Kier alpha value is -1.22. The van der Waals surface area contributed by atoms with Gasteiger partial charge in [-0.05, 0) is 31.5 Å². The zero-order valence-electron chi connectivity index (χ0n) is 12.2. The van der Waals surface area contributed by atoms with E-state index in [1.165, 1.54) is 32.1 Å². The summed E-state index contributed by atoms with van der Waals surface area (Å²) < 4.78 is 5.47. The third kappa shape index (κ3) is 5.97. The molecule has 0 heterocycles. The SMILES string of the molecule is CCCCCCCNc1ccc(OCC)c(CO)c1. The van der Waals surface area contributed by atoms with E-state index >= 15 is 0 Å². The molecule has 0 fully saturated rings. The van der Waals surface area contributed by atoms with Crippen LogP contribution in [0.3, 0.4) is 0 Å². The summed E-state index contributed by atoms with van der Waals surface area (Å²) >= 11 is 0. The summed E-state index contributed by atoms with van der Waals surface area (Å²) in [5.74, 6) is 0.776. The van der Waals surface area contributed by atoms with Gasteiger partial charge in [-0.1, -0.05) is 32.6 Å². The highest BCUT2D eigenvalue weighted by Gasteiger charge is 2.03. The highest BCUT2D eigenvalue weighted by molar-refractivity contribution is 5.51. The van der Waals surface area contributed by atoms with Crippen molar-refractivity contribution in [3.8, 4) is 5.75 Å². The molecule has 19 heavy (non-hydrogen) atoms. The molecule has 0 aliphatic heterocycles. The zero-order chi connectivity index (χ0) is 13.9. The molecule has 0 bridgehead atoms. The molecule has 0 radical (unpaired) electrons. The maximum atomic E-state index is 9.33. The number of unbranched alkanes of at least 4 members (excludes halogenated alkanes) is 4. The van der Waals surface area contributed by atoms with Gasteiger partial charge < -0.3 is 15.2 Å². The second-order valence-corrected chi connectivity index (χ2v) is 4.75. The number of hydrogen-bond acceptors (Lipinski definition) is 3. The lowest BCUT2D eigenvalue weighted by molar-refractivity contribution is 0.267. The Morgan fingerprint density at radius 2 is 1.89 bits per heavy atom. The second kappa shape index (κ2) is 9.68. The fraction of sp³-hybridized carbons (Fsp3) is 0.625. The fourth-order valence-electron chi connectivity index (χ4n) is 2.07. The number of anilines is 1. The summed E-state index contributed by atoms with van der Waals surface area (Å²) in [4.78, 5) is 0. The summed E-state index contributed by atoms with van der Waals surface area (Å²) in [6, 6.07) is 5.90. The maximum Gasteiger partial charge on any atom is 0.124 e. The standard InChI is InChI=1S/C16H27NO2/c1-3-5-6-7-8-11-17-15-9-10-16(19-4-2)14(12-15)13-18/h9-10,12,17-18H,3-8,11,13H2,1-2H3. The molecule has 1 aromatic carbocycles. The Balaban J connectivity index is 2.37. The van der Waals surface area contributed by atoms with E-state index in [1.54, 1.807) is 0 Å². The van der Waals surface area contributed by atoms with Crippen LogP contribution in [0.2, 0.25) is 0 Å². The monoisotopic (exact) mass is 265 g/mol. The number of benzene rings is 1. The number of nitrogens with one attached hydrogen (secondary N) is 1. The summed E-state index contributed by atoms with van der Waals surface area (Å²) in [5.41, 5.74) is 1.90. The predicted octanol–water partition coefficient (Wildman–Crippen LogP) is 3.96. The second-order valence-electron chi connectivity index (χ2n) is 4.75. The average molecular weight is 265 g/mol. The van der Waals surface area contributed by atoms with Gasteiger partial charge >= 0.3 is 0 Å². The van der Waals surface area contributed by atoms with Crippen molar-refractivity contribution in [1.29, 1.82) is 0 Å². The third-order valence-corrected chi connectivity index (χ3v) is 3.14. The molecule has 0 aliphatic rings. The fourth-order valence-corrected chi connectivity index (χ4v) is 2.07. The van der Waals surface area contributed by atoms with Gasteiger partial charge in [0.25, 0.3) is 0 Å². The Morgan fingerprint density at radius 1 is 1.11 bits per heavy atom. The molecule has 1 rings (SSSR count). The highest BCUT2D eigenvalue weighted by atomic mass is 16.5.